The van der Waals surface area contributed by atoms with Gasteiger partial charge >= 0.3 is 5.97 Å². The number of rotatable bonds is 3. The van der Waals surface area contributed by atoms with Crippen molar-refractivity contribution in [1.82, 2.24) is 4.98 Å². The van der Waals surface area contributed by atoms with Crippen LogP contribution in [0.4, 0.5) is 13.2 Å². The predicted molar refractivity (Wildman–Crippen MR) is 45.2 cm³/mol. The van der Waals surface area contributed by atoms with Gasteiger partial charge in [0.1, 0.15) is 5.69 Å². The van der Waals surface area contributed by atoms with Gasteiger partial charge in [-0.25, -0.2) is 13.8 Å². The summed E-state index contributed by atoms with van der Waals surface area (Å²) in [5.74, 6) is -2.26. The maximum atomic E-state index is 12.9. The second-order valence-corrected chi connectivity index (χ2v) is 3.01. The number of aliphatic carboxylic acids is 1. The van der Waals surface area contributed by atoms with Crippen molar-refractivity contribution in [3.63, 3.8) is 0 Å². The Kier molecular flexibility index (Phi) is 3.28. The monoisotopic (exact) mass is 219 g/mol. The maximum absolute atomic E-state index is 12.9. The number of nitrogens with zero attached hydrogens (tertiary/aromatic N) is 1. The first kappa shape index (κ1) is 11.5. The molecule has 1 heterocycles. The van der Waals surface area contributed by atoms with E-state index in [9.17, 15) is 18.0 Å². The largest absolute Gasteiger partial charge is 0.481 e. The van der Waals surface area contributed by atoms with Crippen LogP contribution in [0.25, 0.3) is 0 Å². The molecule has 0 saturated heterocycles. The van der Waals surface area contributed by atoms with E-state index in [1.807, 2.05) is 0 Å². The van der Waals surface area contributed by atoms with Gasteiger partial charge in [-0.2, -0.15) is 4.39 Å². The smallest absolute Gasteiger partial charge is 0.307 e. The van der Waals surface area contributed by atoms with Gasteiger partial charge in [0.25, 0.3) is 6.43 Å². The molecular formula is C9H8F3NO2. The highest BCUT2D eigenvalue weighted by Gasteiger charge is 2.19. The molecule has 15 heavy (non-hydrogen) atoms. The Bertz CT molecular complexity index is 393. The van der Waals surface area contributed by atoms with Crippen molar-refractivity contribution < 1.29 is 23.1 Å². The number of aromatic nitrogens is 1. The molecule has 0 amide bonds. The van der Waals surface area contributed by atoms with Gasteiger partial charge in [-0.05, 0) is 18.6 Å². The van der Waals surface area contributed by atoms with E-state index in [4.69, 9.17) is 5.11 Å². The van der Waals surface area contributed by atoms with Gasteiger partial charge in [-0.3, -0.25) is 4.79 Å². The molecule has 0 fully saturated rings. The number of pyridine rings is 1. The van der Waals surface area contributed by atoms with E-state index >= 15 is 0 Å². The summed E-state index contributed by atoms with van der Waals surface area (Å²) in [5, 5.41) is 8.47. The molecule has 1 aromatic rings. The number of carboxylic acids is 1. The molecule has 0 atom stereocenters. The average Bonchev–Trinajstić information content (AvgIpc) is 2.09. The Hall–Kier alpha value is -1.59. The number of alkyl halides is 2. The molecule has 0 unspecified atom stereocenters. The van der Waals surface area contributed by atoms with Crippen molar-refractivity contribution in [3.8, 4) is 0 Å². The molecule has 6 heteroatoms. The Morgan fingerprint density at radius 1 is 1.60 bits per heavy atom. The predicted octanol–water partition coefficient (Wildman–Crippen LogP) is 2.09. The van der Waals surface area contributed by atoms with Crippen LogP contribution in [0.1, 0.15) is 23.2 Å². The van der Waals surface area contributed by atoms with Crippen molar-refractivity contribution >= 4 is 5.97 Å². The summed E-state index contributed by atoms with van der Waals surface area (Å²) >= 11 is 0. The number of halogens is 3. The highest BCUT2D eigenvalue weighted by molar-refractivity contribution is 5.70. The lowest BCUT2D eigenvalue weighted by atomic mass is 10.1. The van der Waals surface area contributed by atoms with Crippen LogP contribution in [0.15, 0.2) is 6.07 Å². The third-order valence-electron chi connectivity index (χ3n) is 1.81. The Balaban J connectivity index is 3.21. The second kappa shape index (κ2) is 4.29. The molecule has 0 aliphatic carbocycles. The van der Waals surface area contributed by atoms with Crippen LogP contribution < -0.4 is 0 Å². The molecule has 0 radical (unpaired) electrons. The zero-order chi connectivity index (χ0) is 11.6. The second-order valence-electron chi connectivity index (χ2n) is 3.01. The van der Waals surface area contributed by atoms with E-state index in [0.717, 1.165) is 6.07 Å². The minimum absolute atomic E-state index is 0.0515. The summed E-state index contributed by atoms with van der Waals surface area (Å²) in [6.45, 7) is 1.34. The minimum Gasteiger partial charge on any atom is -0.481 e. The quantitative estimate of drug-likeness (QED) is 0.792. The van der Waals surface area contributed by atoms with Crippen molar-refractivity contribution in [1.29, 1.82) is 0 Å². The molecular weight excluding hydrogens is 211 g/mol. The summed E-state index contributed by atoms with van der Waals surface area (Å²) in [6.07, 6.45) is -3.57. The molecule has 0 spiro atoms. The molecule has 82 valence electrons. The van der Waals surface area contributed by atoms with Gasteiger partial charge < -0.3 is 5.11 Å². The highest BCUT2D eigenvalue weighted by Crippen LogP contribution is 2.23. The van der Waals surface area contributed by atoms with Gasteiger partial charge in [0.05, 0.1) is 6.42 Å². The molecule has 0 aliphatic heterocycles. The van der Waals surface area contributed by atoms with Crippen molar-refractivity contribution in [2.75, 3.05) is 0 Å². The lowest BCUT2D eigenvalue weighted by molar-refractivity contribution is -0.136. The van der Waals surface area contributed by atoms with Crippen LogP contribution in [0.5, 0.6) is 0 Å². The van der Waals surface area contributed by atoms with Gasteiger partial charge in [0.15, 0.2) is 0 Å². The van der Waals surface area contributed by atoms with E-state index in [-0.39, 0.29) is 11.1 Å². The van der Waals surface area contributed by atoms with E-state index in [2.05, 4.69) is 4.98 Å². The summed E-state index contributed by atoms with van der Waals surface area (Å²) in [6, 6.07) is 1.08. The third-order valence-corrected chi connectivity index (χ3v) is 1.81. The Morgan fingerprint density at radius 3 is 2.67 bits per heavy atom. The van der Waals surface area contributed by atoms with Gasteiger partial charge in [0.2, 0.25) is 5.95 Å². The first-order valence-corrected chi connectivity index (χ1v) is 4.07. The van der Waals surface area contributed by atoms with Crippen LogP contribution >= 0.6 is 0 Å². The normalized spacial score (nSPS) is 10.7. The summed E-state index contributed by atoms with van der Waals surface area (Å²) in [5.41, 5.74) is -0.910. The molecule has 0 bridgehead atoms. The van der Waals surface area contributed by atoms with E-state index in [1.165, 1.54) is 6.92 Å². The lowest BCUT2D eigenvalue weighted by Gasteiger charge is -2.07. The van der Waals surface area contributed by atoms with E-state index in [1.54, 1.807) is 0 Å². The third kappa shape index (κ3) is 2.68. The lowest BCUT2D eigenvalue weighted by Crippen LogP contribution is -2.08. The van der Waals surface area contributed by atoms with Crippen LogP contribution in [-0.2, 0) is 11.2 Å². The van der Waals surface area contributed by atoms with Crippen molar-refractivity contribution in [2.45, 2.75) is 19.8 Å². The molecule has 0 aliphatic rings. The Labute approximate surface area is 83.6 Å². The number of hydrogen-bond donors (Lipinski definition) is 1. The van der Waals surface area contributed by atoms with Gasteiger partial charge in [-0.1, -0.05) is 0 Å². The van der Waals surface area contributed by atoms with Crippen molar-refractivity contribution in [3.05, 3.63) is 28.8 Å². The SMILES string of the molecule is Cc1cc(CC(=O)O)c(C(F)F)nc1F. The van der Waals surface area contributed by atoms with Gasteiger partial charge in [0, 0.05) is 5.56 Å². The van der Waals surface area contributed by atoms with Crippen LogP contribution in [0.3, 0.4) is 0 Å². The van der Waals surface area contributed by atoms with E-state index in [0.29, 0.717) is 0 Å². The fourth-order valence-corrected chi connectivity index (χ4v) is 1.15. The first-order chi connectivity index (χ1) is 6.91. The van der Waals surface area contributed by atoms with Crippen molar-refractivity contribution in [2.24, 2.45) is 0 Å². The molecule has 0 saturated carbocycles. The minimum atomic E-state index is -2.98. The van der Waals surface area contributed by atoms with Crippen LogP contribution in [0, 0.1) is 12.9 Å². The molecule has 1 N–H and O–H groups in total. The molecule has 1 aromatic heterocycles. The fraction of sp³-hybridized carbons (Fsp3) is 0.333. The number of carboxylic acid groups (broad SMARTS) is 1. The fourth-order valence-electron chi connectivity index (χ4n) is 1.15. The molecule has 3 nitrogen and oxygen atoms in total. The zero-order valence-corrected chi connectivity index (χ0v) is 7.80. The zero-order valence-electron chi connectivity index (χ0n) is 7.80. The number of aryl methyl sites for hydroxylation is 1. The van der Waals surface area contributed by atoms with Crippen LogP contribution in [-0.4, -0.2) is 16.1 Å². The number of carbonyl (C=O) groups is 1. The first-order valence-electron chi connectivity index (χ1n) is 4.07. The number of hydrogen-bond acceptors (Lipinski definition) is 2. The van der Waals surface area contributed by atoms with Gasteiger partial charge in [-0.15, -0.1) is 0 Å². The Morgan fingerprint density at radius 2 is 2.20 bits per heavy atom. The summed E-state index contributed by atoms with van der Waals surface area (Å²) < 4.78 is 37.6. The highest BCUT2D eigenvalue weighted by atomic mass is 19.3. The van der Waals surface area contributed by atoms with E-state index < -0.39 is 30.5 Å². The average molecular weight is 219 g/mol. The molecule has 0 aromatic carbocycles. The molecule has 1 rings (SSSR count). The van der Waals surface area contributed by atoms with Crippen LogP contribution in [0.2, 0.25) is 0 Å². The summed E-state index contributed by atoms with van der Waals surface area (Å²) in [4.78, 5) is 13.4. The maximum Gasteiger partial charge on any atom is 0.307 e. The standard InChI is InChI=1S/C9H8F3NO2/c1-4-2-5(3-6(14)15)7(8(10)11)13-9(4)12/h2,8H,3H2,1H3,(H,14,15). The summed E-state index contributed by atoms with van der Waals surface area (Å²) in [7, 11) is 0. The topological polar surface area (TPSA) is 50.2 Å².